The number of piperazine rings is 1. The van der Waals surface area contributed by atoms with E-state index in [0.717, 1.165) is 36.4 Å². The van der Waals surface area contributed by atoms with Gasteiger partial charge in [-0.15, -0.1) is 8.67 Å². The first-order chi connectivity index (χ1) is 45.6. The van der Waals surface area contributed by atoms with Gasteiger partial charge >= 0.3 is 0 Å². The Labute approximate surface area is 560 Å². The Morgan fingerprint density at radius 1 is 0.604 bits per heavy atom. The van der Waals surface area contributed by atoms with E-state index < -0.39 is 88.4 Å². The van der Waals surface area contributed by atoms with Crippen molar-refractivity contribution in [2.75, 3.05) is 77.6 Å². The van der Waals surface area contributed by atoms with Gasteiger partial charge in [-0.1, -0.05) is 46.5 Å². The molecule has 1 saturated heterocycles. The van der Waals surface area contributed by atoms with Crippen LogP contribution < -0.4 is 31.3 Å². The van der Waals surface area contributed by atoms with Gasteiger partial charge in [0.25, 0.3) is 40.5 Å². The molecule has 3 heterocycles. The van der Waals surface area contributed by atoms with E-state index in [1.165, 1.54) is 60.7 Å². The van der Waals surface area contributed by atoms with E-state index >= 15 is 0 Å². The third-order valence-corrected chi connectivity index (χ3v) is 19.8. The standard InChI is InChI=1S/C53H43Cl2N15O20S6/c1-68(29-9-11-31-27(23-29)24-38(91-89-87-73)42(44(31)71)66-64-36-14-12-32-34(46(36)92-90-88-74)4-2-6-39(32)93(75,76)77)52-60-49(55)61-53(63-52)70-20-18-69(19-21-70)17-16-56-50-58-48(54)59-51(62-50)57-28-8-10-30-26(22-28)25-41(95(81,82)83)43(45(30)72)67-65-37-15-13-33-35(47(37)96(84,85)86)5-3-7-40(33)94(78,79)80/h2-15,22-25,64-65,73-74H,16-21H2,1H3,(H,75,76,77)(H,78,79,80)(H,81,82,83)(H,84,85,86)(H2,56,57,58,59,62)/b66-42+,67-43+. The molecule has 2 aliphatic carbocycles. The van der Waals surface area contributed by atoms with Crippen LogP contribution in [0.1, 0.15) is 31.8 Å². The molecule has 500 valence electrons. The second-order valence-electron chi connectivity index (χ2n) is 20.2. The topological polar surface area (TPSA) is 489 Å². The monoisotopic (exact) mass is 1470 g/mol. The Bertz CT molecular complexity index is 5150. The van der Waals surface area contributed by atoms with Crippen molar-refractivity contribution in [2.24, 2.45) is 10.2 Å². The number of halogens is 2. The molecule has 96 heavy (non-hydrogen) atoms. The minimum absolute atomic E-state index is 0.0324. The number of ketones is 2. The van der Waals surface area contributed by atoms with Gasteiger partial charge in [-0.2, -0.15) is 73.8 Å². The lowest BCUT2D eigenvalue weighted by Crippen LogP contribution is -2.48. The average Bonchev–Trinajstić information content (AvgIpc) is 0.773. The van der Waals surface area contributed by atoms with Crippen molar-refractivity contribution in [3.63, 3.8) is 0 Å². The molecule has 0 spiro atoms. The highest BCUT2D eigenvalue weighted by Crippen LogP contribution is 2.40. The number of rotatable bonds is 23. The highest BCUT2D eigenvalue weighted by Gasteiger charge is 2.35. The van der Waals surface area contributed by atoms with Gasteiger partial charge in [-0.25, -0.2) is 10.5 Å². The van der Waals surface area contributed by atoms with Gasteiger partial charge in [-0.3, -0.25) is 43.6 Å². The summed E-state index contributed by atoms with van der Waals surface area (Å²) in [5.74, 6) is -1.23. The summed E-state index contributed by atoms with van der Waals surface area (Å²) >= 11 is 13.7. The SMILES string of the molecule is CN(c1ccc2c(c1)C=C(SOOO)/C(=N\Nc1ccc3c(S(=O)(=O)O)cccc3c1SOOO)C2=O)c1nc(Cl)nc(N2CCN(CCNc3nc(Cl)nc(Nc4ccc5c(c4)C=C(S(=O)(=O)O)/C(=N\Nc4ccc6c(S(=O)(=O)O)cccc6c4S(=O)(=O)O)C5=O)n3)CC2)n1. The summed E-state index contributed by atoms with van der Waals surface area (Å²) in [6, 6.07) is 20.8. The second kappa shape index (κ2) is 27.9. The molecule has 0 bridgehead atoms. The lowest BCUT2D eigenvalue weighted by atomic mass is 9.94. The number of carbonyl (C=O) groups is 2. The van der Waals surface area contributed by atoms with Crippen LogP contribution in [0.5, 0.6) is 0 Å². The first kappa shape index (κ1) is 68.8. The lowest BCUT2D eigenvalue weighted by Gasteiger charge is -2.34. The van der Waals surface area contributed by atoms with Gasteiger partial charge in [0.15, 0.2) is 5.71 Å². The van der Waals surface area contributed by atoms with E-state index in [4.69, 9.17) is 43.0 Å². The number of hydrogen-bond donors (Lipinski definition) is 10. The zero-order valence-electron chi connectivity index (χ0n) is 48.2. The van der Waals surface area contributed by atoms with Gasteiger partial charge < -0.3 is 20.4 Å². The predicted octanol–water partition coefficient (Wildman–Crippen LogP) is 7.55. The smallest absolute Gasteiger partial charge is 0.297 e. The molecule has 1 fully saturated rings. The third kappa shape index (κ3) is 15.0. The van der Waals surface area contributed by atoms with Gasteiger partial charge in [0, 0.05) is 90.4 Å². The van der Waals surface area contributed by atoms with Crippen molar-refractivity contribution in [2.45, 2.75) is 19.6 Å². The molecule has 0 atom stereocenters. The number of nitrogens with one attached hydrogen (secondary N) is 4. The zero-order valence-corrected chi connectivity index (χ0v) is 54.6. The summed E-state index contributed by atoms with van der Waals surface area (Å²) in [7, 11) is -18.3. The number of carbonyl (C=O) groups excluding carboxylic acids is 2. The molecule has 10 N–H and O–H groups in total. The Morgan fingerprint density at radius 2 is 1.20 bits per heavy atom. The van der Waals surface area contributed by atoms with Gasteiger partial charge in [0.1, 0.15) is 25.3 Å². The number of Topliss-reactive ketones (excluding diaryl/α,β-unsaturated/α-hetero) is 2. The van der Waals surface area contributed by atoms with Crippen LogP contribution in [-0.4, -0.2) is 167 Å². The number of anilines is 8. The number of hydrogen-bond acceptors (Lipinski definition) is 33. The van der Waals surface area contributed by atoms with Crippen LogP contribution in [0.3, 0.4) is 0 Å². The fraction of sp³-hybridized carbons (Fsp3) is 0.132. The largest absolute Gasteiger partial charge is 0.353 e. The molecular formula is C53H43Cl2N15O20S6. The van der Waals surface area contributed by atoms with Crippen LogP contribution in [-0.2, 0) is 59.2 Å². The molecule has 8 aromatic rings. The maximum absolute atomic E-state index is 14.1. The minimum Gasteiger partial charge on any atom is -0.353 e. The Kier molecular flexibility index (Phi) is 20.0. The molecule has 0 radical (unpaired) electrons. The summed E-state index contributed by atoms with van der Waals surface area (Å²) in [6.45, 7) is 2.85. The molecule has 3 aliphatic rings. The summed E-state index contributed by atoms with van der Waals surface area (Å²) in [6.07, 6.45) is 2.45. The van der Waals surface area contributed by atoms with E-state index in [-0.39, 0.29) is 94.1 Å². The van der Waals surface area contributed by atoms with Crippen LogP contribution >= 0.6 is 47.3 Å². The fourth-order valence-corrected chi connectivity index (χ4v) is 14.5. The third-order valence-electron chi connectivity index (χ3n) is 14.5. The molecule has 35 nitrogen and oxygen atoms in total. The molecule has 1 aliphatic heterocycles. The number of fused-ring (bicyclic) bond motifs is 4. The van der Waals surface area contributed by atoms with Crippen LogP contribution in [0.4, 0.5) is 46.5 Å². The Balaban J connectivity index is 0.722. The van der Waals surface area contributed by atoms with E-state index in [1.807, 2.05) is 4.90 Å². The van der Waals surface area contributed by atoms with Gasteiger partial charge in [0.05, 0.1) is 45.3 Å². The van der Waals surface area contributed by atoms with Crippen molar-refractivity contribution in [3.8, 4) is 0 Å². The molecule has 11 rings (SSSR count). The van der Waals surface area contributed by atoms with E-state index in [9.17, 15) is 61.5 Å². The lowest BCUT2D eigenvalue weighted by molar-refractivity contribution is -0.432. The van der Waals surface area contributed by atoms with E-state index in [0.29, 0.717) is 74.6 Å². The molecule has 6 aromatic carbocycles. The highest BCUT2D eigenvalue weighted by molar-refractivity contribution is 7.99. The summed E-state index contributed by atoms with van der Waals surface area (Å²) < 4.78 is 148. The van der Waals surface area contributed by atoms with Gasteiger partial charge in [0.2, 0.25) is 45.9 Å². The van der Waals surface area contributed by atoms with Crippen LogP contribution in [0.15, 0.2) is 137 Å². The predicted molar refractivity (Wildman–Crippen MR) is 350 cm³/mol. The maximum atomic E-state index is 14.1. The quantitative estimate of drug-likeness (QED) is 0.0128. The first-order valence-corrected chi connectivity index (χ1v) is 34.9. The Morgan fingerprint density at radius 3 is 1.86 bits per heavy atom. The average molecular weight is 1470 g/mol. The maximum Gasteiger partial charge on any atom is 0.297 e. The fourth-order valence-electron chi connectivity index (χ4n) is 10.2. The van der Waals surface area contributed by atoms with Crippen molar-refractivity contribution < 1.29 is 90.7 Å². The van der Waals surface area contributed by atoms with Crippen LogP contribution in [0.25, 0.3) is 33.7 Å². The molecule has 0 unspecified atom stereocenters. The molecule has 2 aromatic heterocycles. The zero-order chi connectivity index (χ0) is 68.6. The number of aromatic nitrogens is 6. The summed E-state index contributed by atoms with van der Waals surface area (Å²) in [5.41, 5.74) is 4.55. The summed E-state index contributed by atoms with van der Waals surface area (Å²) in [5, 5.41) is 39.0. The first-order valence-electron chi connectivity index (χ1n) is 26.9. The molecule has 43 heteroatoms. The van der Waals surface area contributed by atoms with Crippen molar-refractivity contribution >= 4 is 191 Å². The Hall–Kier alpha value is -8.54. The van der Waals surface area contributed by atoms with E-state index in [1.54, 1.807) is 24.1 Å². The minimum atomic E-state index is -5.23. The number of allylic oxidation sites excluding steroid dienone is 2. The normalized spacial score (nSPS) is 15.6. The van der Waals surface area contributed by atoms with Crippen molar-refractivity contribution in [3.05, 3.63) is 140 Å². The number of benzene rings is 6. The molecule has 0 saturated carbocycles. The number of hydrazone groups is 2. The van der Waals surface area contributed by atoms with Crippen molar-refractivity contribution in [1.82, 2.24) is 34.8 Å². The highest BCUT2D eigenvalue weighted by atomic mass is 35.5. The number of nitrogens with zero attached hydrogens (tertiary/aromatic N) is 11. The van der Waals surface area contributed by atoms with E-state index in [2.05, 4.69) is 75.9 Å². The summed E-state index contributed by atoms with van der Waals surface area (Å²) in [4.78, 5) is 56.9. The van der Waals surface area contributed by atoms with Crippen LogP contribution in [0, 0.1) is 0 Å². The molecular weight excluding hydrogens is 1430 g/mol. The van der Waals surface area contributed by atoms with Gasteiger partial charge in [-0.05, 0) is 107 Å². The second-order valence-corrected chi connectivity index (χ2v) is 27.9. The van der Waals surface area contributed by atoms with Crippen molar-refractivity contribution in [1.29, 1.82) is 0 Å². The van der Waals surface area contributed by atoms with Crippen LogP contribution in [0.2, 0.25) is 10.6 Å². The molecule has 0 amide bonds.